The van der Waals surface area contributed by atoms with Gasteiger partial charge in [0.2, 0.25) is 5.91 Å². The quantitative estimate of drug-likeness (QED) is 0.509. The van der Waals surface area contributed by atoms with E-state index in [2.05, 4.69) is 10.6 Å². The maximum absolute atomic E-state index is 13.9. The number of hydrogen-bond donors (Lipinski definition) is 2. The fourth-order valence-corrected chi connectivity index (χ4v) is 4.66. The lowest BCUT2D eigenvalue weighted by Crippen LogP contribution is -2.51. The molecule has 3 amide bonds. The van der Waals surface area contributed by atoms with Gasteiger partial charge >= 0.3 is 6.03 Å². The smallest absolute Gasteiger partial charge is 0.317 e. The van der Waals surface area contributed by atoms with Gasteiger partial charge < -0.3 is 15.5 Å². The van der Waals surface area contributed by atoms with E-state index in [4.69, 9.17) is 0 Å². The molecule has 4 rings (SSSR count). The molecule has 0 aromatic heterocycles. The molecule has 0 unspecified atom stereocenters. The number of urea groups is 1. The molecule has 5 nitrogen and oxygen atoms in total. The summed E-state index contributed by atoms with van der Waals surface area (Å²) in [6, 6.07) is 24.2. The van der Waals surface area contributed by atoms with Gasteiger partial charge in [-0.3, -0.25) is 4.79 Å². The predicted octanol–water partition coefficient (Wildman–Crippen LogP) is 5.33. The van der Waals surface area contributed by atoms with Crippen molar-refractivity contribution in [3.8, 4) is 0 Å². The summed E-state index contributed by atoms with van der Waals surface area (Å²) in [5, 5.41) is 6.10. The summed E-state index contributed by atoms with van der Waals surface area (Å²) < 4.78 is 13.9. The number of halogens is 1. The Morgan fingerprint density at radius 2 is 1.69 bits per heavy atom. The highest BCUT2D eigenvalue weighted by Crippen LogP contribution is 2.32. The van der Waals surface area contributed by atoms with Crippen LogP contribution in [-0.4, -0.2) is 29.9 Å². The molecule has 6 heteroatoms. The number of carbonyl (C=O) groups excluding carboxylic acids is 2. The van der Waals surface area contributed by atoms with E-state index in [0.717, 1.165) is 16.7 Å². The molecule has 35 heavy (non-hydrogen) atoms. The zero-order valence-corrected chi connectivity index (χ0v) is 20.2. The Balaban J connectivity index is 1.50. The van der Waals surface area contributed by atoms with Gasteiger partial charge in [0.05, 0.1) is 12.0 Å². The van der Waals surface area contributed by atoms with Gasteiger partial charge in [0.25, 0.3) is 0 Å². The lowest BCUT2D eigenvalue weighted by Gasteiger charge is -2.38. The first-order valence-electron chi connectivity index (χ1n) is 12.1. The van der Waals surface area contributed by atoms with E-state index in [1.807, 2.05) is 73.7 Å². The molecule has 0 bridgehead atoms. The highest BCUT2D eigenvalue weighted by Gasteiger charge is 2.35. The average Bonchev–Trinajstić information content (AvgIpc) is 2.89. The van der Waals surface area contributed by atoms with E-state index in [1.165, 1.54) is 6.07 Å². The topological polar surface area (TPSA) is 61.4 Å². The molecule has 182 valence electrons. The van der Waals surface area contributed by atoms with Crippen LogP contribution in [0.5, 0.6) is 0 Å². The van der Waals surface area contributed by atoms with Crippen LogP contribution in [0.1, 0.15) is 47.6 Å². The van der Waals surface area contributed by atoms with E-state index >= 15 is 0 Å². The molecule has 1 heterocycles. The fraction of sp³-hybridized carbons (Fsp3) is 0.310. The number of likely N-dealkylation sites (tertiary alicyclic amines) is 1. The number of benzene rings is 3. The maximum Gasteiger partial charge on any atom is 0.317 e. The van der Waals surface area contributed by atoms with Crippen molar-refractivity contribution < 1.29 is 14.0 Å². The number of piperidine rings is 1. The molecular weight excluding hydrogens is 441 g/mol. The molecule has 0 saturated carbocycles. The molecule has 1 saturated heterocycles. The third-order valence-electron chi connectivity index (χ3n) is 6.71. The second-order valence-electron chi connectivity index (χ2n) is 9.33. The van der Waals surface area contributed by atoms with Crippen molar-refractivity contribution in [1.29, 1.82) is 0 Å². The van der Waals surface area contributed by atoms with Crippen LogP contribution in [0.4, 0.5) is 9.18 Å². The Morgan fingerprint density at radius 3 is 2.37 bits per heavy atom. The maximum atomic E-state index is 13.9. The summed E-state index contributed by atoms with van der Waals surface area (Å²) in [6.45, 7) is 4.92. The van der Waals surface area contributed by atoms with Gasteiger partial charge in [-0.15, -0.1) is 0 Å². The lowest BCUT2D eigenvalue weighted by molar-refractivity contribution is -0.127. The Kier molecular flexibility index (Phi) is 7.80. The second kappa shape index (κ2) is 11.2. The van der Waals surface area contributed by atoms with E-state index in [-0.39, 0.29) is 35.6 Å². The first kappa shape index (κ1) is 24.5. The molecule has 1 aliphatic rings. The Labute approximate surface area is 206 Å². The minimum Gasteiger partial charge on any atom is -0.349 e. The Morgan fingerprint density at radius 1 is 1.00 bits per heavy atom. The molecule has 0 aliphatic carbocycles. The largest absolute Gasteiger partial charge is 0.349 e. The Bertz CT molecular complexity index is 1150. The molecule has 1 fully saturated rings. The first-order chi connectivity index (χ1) is 16.9. The van der Waals surface area contributed by atoms with Crippen LogP contribution in [0.15, 0.2) is 78.9 Å². The van der Waals surface area contributed by atoms with Gasteiger partial charge in [-0.05, 0) is 48.6 Å². The number of rotatable bonds is 6. The van der Waals surface area contributed by atoms with Gasteiger partial charge in [-0.2, -0.15) is 0 Å². The second-order valence-corrected chi connectivity index (χ2v) is 9.33. The minimum absolute atomic E-state index is 0.0618. The highest BCUT2D eigenvalue weighted by atomic mass is 19.1. The number of carbonyl (C=O) groups is 2. The van der Waals surface area contributed by atoms with Crippen molar-refractivity contribution in [2.75, 3.05) is 13.1 Å². The molecule has 2 N–H and O–H groups in total. The fourth-order valence-electron chi connectivity index (χ4n) is 4.66. The van der Waals surface area contributed by atoms with Gasteiger partial charge in [-0.1, -0.05) is 72.8 Å². The van der Waals surface area contributed by atoms with Crippen molar-refractivity contribution in [2.24, 2.45) is 5.92 Å². The predicted molar refractivity (Wildman–Crippen MR) is 135 cm³/mol. The van der Waals surface area contributed by atoms with Gasteiger partial charge in [0, 0.05) is 25.6 Å². The number of hydrogen-bond acceptors (Lipinski definition) is 2. The van der Waals surface area contributed by atoms with Crippen LogP contribution in [0.25, 0.3) is 0 Å². The van der Waals surface area contributed by atoms with E-state index < -0.39 is 0 Å². The van der Waals surface area contributed by atoms with Crippen molar-refractivity contribution in [1.82, 2.24) is 15.5 Å². The third kappa shape index (κ3) is 6.27. The SMILES string of the molecule is Cc1cc([C@@H]2C[C@H](C(=O)N[C@H](C)c3ccccc3)CN(C(=O)NCc3ccccc3)C2)ccc1F. The summed E-state index contributed by atoms with van der Waals surface area (Å²) in [6.07, 6.45) is 0.598. The van der Waals surface area contributed by atoms with E-state index in [0.29, 0.717) is 31.6 Å². The van der Waals surface area contributed by atoms with Crippen LogP contribution in [-0.2, 0) is 11.3 Å². The molecule has 0 radical (unpaired) electrons. The van der Waals surface area contributed by atoms with Crippen molar-refractivity contribution in [2.45, 2.75) is 38.8 Å². The summed E-state index contributed by atoms with van der Waals surface area (Å²) in [5.41, 5.74) is 3.54. The summed E-state index contributed by atoms with van der Waals surface area (Å²) in [5.74, 6) is -0.764. The molecule has 3 atom stereocenters. The van der Waals surface area contributed by atoms with Crippen LogP contribution in [0.2, 0.25) is 0 Å². The monoisotopic (exact) mass is 473 g/mol. The number of nitrogens with one attached hydrogen (secondary N) is 2. The van der Waals surface area contributed by atoms with E-state index in [9.17, 15) is 14.0 Å². The normalized spacial score (nSPS) is 18.5. The molecule has 1 aliphatic heterocycles. The Hall–Kier alpha value is -3.67. The molecule has 3 aromatic carbocycles. The minimum atomic E-state index is -0.368. The number of amides is 3. The van der Waals surface area contributed by atoms with Crippen LogP contribution in [0, 0.1) is 18.7 Å². The van der Waals surface area contributed by atoms with Gasteiger partial charge in [0.1, 0.15) is 5.82 Å². The zero-order chi connectivity index (χ0) is 24.8. The third-order valence-corrected chi connectivity index (χ3v) is 6.71. The van der Waals surface area contributed by atoms with Gasteiger partial charge in [0.15, 0.2) is 0 Å². The van der Waals surface area contributed by atoms with Crippen LogP contribution < -0.4 is 10.6 Å². The number of nitrogens with zero attached hydrogens (tertiary/aromatic N) is 1. The highest BCUT2D eigenvalue weighted by molar-refractivity contribution is 5.81. The summed E-state index contributed by atoms with van der Waals surface area (Å²) in [4.78, 5) is 28.1. The van der Waals surface area contributed by atoms with Crippen LogP contribution >= 0.6 is 0 Å². The number of aryl methyl sites for hydroxylation is 1. The average molecular weight is 474 g/mol. The molecule has 0 spiro atoms. The summed E-state index contributed by atoms with van der Waals surface area (Å²) >= 11 is 0. The molecular formula is C29H32FN3O2. The van der Waals surface area contributed by atoms with Crippen LogP contribution in [0.3, 0.4) is 0 Å². The van der Waals surface area contributed by atoms with E-state index in [1.54, 1.807) is 17.9 Å². The van der Waals surface area contributed by atoms with Crippen molar-refractivity contribution >= 4 is 11.9 Å². The first-order valence-corrected chi connectivity index (χ1v) is 12.1. The zero-order valence-electron chi connectivity index (χ0n) is 20.2. The standard InChI is InChI=1S/C29H32FN3O2/c1-20-15-24(13-14-27(20)30)25-16-26(28(34)32-21(2)23-11-7-4-8-12-23)19-33(18-25)29(35)31-17-22-9-5-3-6-10-22/h3-15,21,25-26H,16-19H2,1-2H3,(H,31,35)(H,32,34)/t21-,25-,26+/m1/s1. The van der Waals surface area contributed by atoms with Crippen molar-refractivity contribution in [3.63, 3.8) is 0 Å². The molecule has 3 aromatic rings. The lowest BCUT2D eigenvalue weighted by atomic mass is 9.83. The van der Waals surface area contributed by atoms with Crippen molar-refractivity contribution in [3.05, 3.63) is 107 Å². The summed E-state index contributed by atoms with van der Waals surface area (Å²) in [7, 11) is 0. The van der Waals surface area contributed by atoms with Gasteiger partial charge in [-0.25, -0.2) is 9.18 Å².